The fourth-order valence-electron chi connectivity index (χ4n) is 2.48. The van der Waals surface area contributed by atoms with Crippen LogP contribution in [0.4, 0.5) is 0 Å². The average molecular weight is 302 g/mol. The minimum atomic E-state index is -0.136. The van der Waals surface area contributed by atoms with E-state index in [0.717, 1.165) is 28.1 Å². The lowest BCUT2D eigenvalue weighted by molar-refractivity contribution is -0.121. The number of rotatable bonds is 5. The summed E-state index contributed by atoms with van der Waals surface area (Å²) >= 11 is 0. The van der Waals surface area contributed by atoms with Gasteiger partial charge in [0.1, 0.15) is 11.5 Å². The molecule has 118 valence electrons. The molecule has 0 bridgehead atoms. The minimum absolute atomic E-state index is 0.0644. The van der Waals surface area contributed by atoms with E-state index >= 15 is 0 Å². The molecule has 1 aromatic heterocycles. The Labute approximate surface area is 130 Å². The lowest BCUT2D eigenvalue weighted by Crippen LogP contribution is -2.28. The fraction of sp³-hybridized carbons (Fsp3) is 0.412. The van der Waals surface area contributed by atoms with Crippen molar-refractivity contribution in [2.75, 3.05) is 7.11 Å². The first kappa shape index (κ1) is 16.1. The number of carbonyl (C=O) groups is 1. The fourth-order valence-corrected chi connectivity index (χ4v) is 2.48. The van der Waals surface area contributed by atoms with Crippen molar-refractivity contribution in [1.29, 1.82) is 0 Å². The van der Waals surface area contributed by atoms with Crippen LogP contribution in [0.25, 0.3) is 0 Å². The van der Waals surface area contributed by atoms with Gasteiger partial charge in [-0.3, -0.25) is 4.79 Å². The van der Waals surface area contributed by atoms with E-state index in [1.807, 2.05) is 45.9 Å². The molecule has 1 heterocycles. The summed E-state index contributed by atoms with van der Waals surface area (Å²) in [6, 6.07) is 5.80. The molecule has 0 radical (unpaired) electrons. The van der Waals surface area contributed by atoms with E-state index in [2.05, 4.69) is 10.5 Å². The van der Waals surface area contributed by atoms with E-state index in [4.69, 9.17) is 9.26 Å². The van der Waals surface area contributed by atoms with Crippen LogP contribution in [0.5, 0.6) is 5.75 Å². The summed E-state index contributed by atoms with van der Waals surface area (Å²) in [5.41, 5.74) is 3.70. The Bertz CT molecular complexity index is 657. The molecule has 0 fully saturated rings. The van der Waals surface area contributed by atoms with E-state index in [0.29, 0.717) is 5.76 Å². The second-order valence-electron chi connectivity index (χ2n) is 5.51. The smallest absolute Gasteiger partial charge is 0.225 e. The van der Waals surface area contributed by atoms with Gasteiger partial charge in [-0.1, -0.05) is 22.9 Å². The molecule has 5 heteroatoms. The van der Waals surface area contributed by atoms with E-state index in [-0.39, 0.29) is 18.4 Å². The first-order valence-corrected chi connectivity index (χ1v) is 7.28. The quantitative estimate of drug-likeness (QED) is 0.922. The maximum atomic E-state index is 12.3. The Morgan fingerprint density at radius 1 is 1.36 bits per heavy atom. The lowest BCUT2D eigenvalue weighted by Gasteiger charge is -2.18. The number of methoxy groups -OCH3 is 1. The molecule has 0 saturated carbocycles. The maximum absolute atomic E-state index is 12.3. The van der Waals surface area contributed by atoms with Crippen LogP contribution >= 0.6 is 0 Å². The molecule has 22 heavy (non-hydrogen) atoms. The van der Waals surface area contributed by atoms with Crippen LogP contribution in [0, 0.1) is 20.8 Å². The Hall–Kier alpha value is -2.30. The third kappa shape index (κ3) is 3.47. The second-order valence-corrected chi connectivity index (χ2v) is 5.51. The molecule has 1 aromatic carbocycles. The van der Waals surface area contributed by atoms with Gasteiger partial charge in [-0.15, -0.1) is 0 Å². The highest BCUT2D eigenvalue weighted by Crippen LogP contribution is 2.26. The van der Waals surface area contributed by atoms with E-state index in [1.54, 1.807) is 7.11 Å². The monoisotopic (exact) mass is 302 g/mol. The number of benzene rings is 1. The highest BCUT2D eigenvalue weighted by Gasteiger charge is 2.17. The molecule has 0 spiro atoms. The average Bonchev–Trinajstić information content (AvgIpc) is 2.79. The van der Waals surface area contributed by atoms with Crippen molar-refractivity contribution in [2.45, 2.75) is 40.2 Å². The van der Waals surface area contributed by atoms with Gasteiger partial charge in [0.15, 0.2) is 0 Å². The summed E-state index contributed by atoms with van der Waals surface area (Å²) in [6.07, 6.45) is 0.264. The highest BCUT2D eigenvalue weighted by molar-refractivity contribution is 5.79. The minimum Gasteiger partial charge on any atom is -0.496 e. The lowest BCUT2D eigenvalue weighted by atomic mass is 10.0. The van der Waals surface area contributed by atoms with Gasteiger partial charge in [0.05, 0.1) is 25.3 Å². The summed E-state index contributed by atoms with van der Waals surface area (Å²) in [6.45, 7) is 7.62. The van der Waals surface area contributed by atoms with Crippen molar-refractivity contribution in [1.82, 2.24) is 10.5 Å². The van der Waals surface area contributed by atoms with Crippen LogP contribution in [0.2, 0.25) is 0 Å². The van der Waals surface area contributed by atoms with Crippen LogP contribution in [0.1, 0.15) is 41.1 Å². The number of aromatic nitrogens is 1. The van der Waals surface area contributed by atoms with Crippen LogP contribution in [0.3, 0.4) is 0 Å². The van der Waals surface area contributed by atoms with Gasteiger partial charge in [0, 0.05) is 11.1 Å². The van der Waals surface area contributed by atoms with Crippen molar-refractivity contribution in [3.05, 3.63) is 46.3 Å². The Kier molecular flexibility index (Phi) is 4.85. The zero-order chi connectivity index (χ0) is 16.3. The van der Waals surface area contributed by atoms with Crippen LogP contribution in [0.15, 0.2) is 22.7 Å². The third-order valence-electron chi connectivity index (χ3n) is 3.75. The van der Waals surface area contributed by atoms with E-state index < -0.39 is 0 Å². The maximum Gasteiger partial charge on any atom is 0.225 e. The van der Waals surface area contributed by atoms with Gasteiger partial charge in [0.2, 0.25) is 5.91 Å². The van der Waals surface area contributed by atoms with Crippen molar-refractivity contribution in [3.8, 4) is 5.75 Å². The van der Waals surface area contributed by atoms with Crippen molar-refractivity contribution in [2.24, 2.45) is 0 Å². The number of carbonyl (C=O) groups excluding carboxylic acids is 1. The van der Waals surface area contributed by atoms with Gasteiger partial charge in [-0.05, 0) is 33.8 Å². The van der Waals surface area contributed by atoms with Crippen LogP contribution in [-0.2, 0) is 11.2 Å². The van der Waals surface area contributed by atoms with E-state index in [1.165, 1.54) is 0 Å². The molecule has 1 atom stereocenters. The number of hydrogen-bond acceptors (Lipinski definition) is 4. The molecule has 0 aliphatic carbocycles. The molecular formula is C17H22N2O3. The predicted molar refractivity (Wildman–Crippen MR) is 84.0 cm³/mol. The SMILES string of the molecule is COc1ccc(C)cc1C(C)NC(=O)Cc1c(C)noc1C. The third-order valence-corrected chi connectivity index (χ3v) is 3.75. The topological polar surface area (TPSA) is 64.4 Å². The number of nitrogens with zero attached hydrogens (tertiary/aromatic N) is 1. The van der Waals surface area contributed by atoms with Gasteiger partial charge >= 0.3 is 0 Å². The second kappa shape index (κ2) is 6.64. The molecule has 5 nitrogen and oxygen atoms in total. The largest absolute Gasteiger partial charge is 0.496 e. The Balaban J connectivity index is 2.10. The Morgan fingerprint density at radius 2 is 2.09 bits per heavy atom. The molecule has 2 aromatic rings. The molecule has 1 amide bonds. The zero-order valence-electron chi connectivity index (χ0n) is 13.7. The summed E-state index contributed by atoms with van der Waals surface area (Å²) in [5.74, 6) is 1.40. The first-order chi connectivity index (χ1) is 10.4. The Morgan fingerprint density at radius 3 is 2.68 bits per heavy atom. The number of aryl methyl sites for hydroxylation is 3. The standard InChI is InChI=1S/C17H22N2O3/c1-10-6-7-16(21-5)15(8-10)11(2)18-17(20)9-14-12(3)19-22-13(14)4/h6-8,11H,9H2,1-5H3,(H,18,20). The molecule has 0 aliphatic heterocycles. The molecule has 1 unspecified atom stereocenters. The molecule has 0 saturated heterocycles. The number of ether oxygens (including phenoxy) is 1. The molecule has 2 rings (SSSR count). The highest BCUT2D eigenvalue weighted by atomic mass is 16.5. The summed E-state index contributed by atoms with van der Waals surface area (Å²) in [7, 11) is 1.63. The van der Waals surface area contributed by atoms with E-state index in [9.17, 15) is 4.79 Å². The van der Waals surface area contributed by atoms with Crippen molar-refractivity contribution < 1.29 is 14.1 Å². The summed E-state index contributed by atoms with van der Waals surface area (Å²) < 4.78 is 10.5. The predicted octanol–water partition coefficient (Wildman–Crippen LogP) is 3.03. The van der Waals surface area contributed by atoms with Crippen LogP contribution in [-0.4, -0.2) is 18.2 Å². The zero-order valence-corrected chi connectivity index (χ0v) is 13.7. The van der Waals surface area contributed by atoms with Crippen molar-refractivity contribution in [3.63, 3.8) is 0 Å². The van der Waals surface area contributed by atoms with Gasteiger partial charge in [-0.2, -0.15) is 0 Å². The first-order valence-electron chi connectivity index (χ1n) is 7.28. The molecular weight excluding hydrogens is 280 g/mol. The van der Waals surface area contributed by atoms with Gasteiger partial charge < -0.3 is 14.6 Å². The normalized spacial score (nSPS) is 12.0. The number of nitrogens with one attached hydrogen (secondary N) is 1. The molecule has 1 N–H and O–H groups in total. The number of amides is 1. The van der Waals surface area contributed by atoms with Crippen LogP contribution < -0.4 is 10.1 Å². The molecule has 0 aliphatic rings. The van der Waals surface area contributed by atoms with Gasteiger partial charge in [-0.25, -0.2) is 0 Å². The van der Waals surface area contributed by atoms with Gasteiger partial charge in [0.25, 0.3) is 0 Å². The number of hydrogen-bond donors (Lipinski definition) is 1. The summed E-state index contributed by atoms with van der Waals surface area (Å²) in [4.78, 5) is 12.3. The van der Waals surface area contributed by atoms with Crippen molar-refractivity contribution >= 4 is 5.91 Å². The summed E-state index contributed by atoms with van der Waals surface area (Å²) in [5, 5.41) is 6.87.